The average molecular weight is 430 g/mol. The van der Waals surface area contributed by atoms with Crippen molar-refractivity contribution in [3.05, 3.63) is 33.0 Å². The highest BCUT2D eigenvalue weighted by atomic mass is 32.1. The van der Waals surface area contributed by atoms with Crippen LogP contribution >= 0.6 is 22.7 Å². The predicted molar refractivity (Wildman–Crippen MR) is 120 cm³/mol. The van der Waals surface area contributed by atoms with Crippen LogP contribution in [-0.2, 0) is 13.0 Å². The second kappa shape index (κ2) is 8.45. The van der Waals surface area contributed by atoms with Crippen molar-refractivity contribution in [1.29, 1.82) is 0 Å². The van der Waals surface area contributed by atoms with Crippen LogP contribution in [0.15, 0.2) is 5.38 Å². The molecule has 0 aromatic carbocycles. The van der Waals surface area contributed by atoms with Crippen molar-refractivity contribution in [2.45, 2.75) is 53.5 Å². The van der Waals surface area contributed by atoms with Gasteiger partial charge in [0, 0.05) is 29.4 Å². The molecule has 1 fully saturated rings. The van der Waals surface area contributed by atoms with E-state index in [1.807, 2.05) is 20.8 Å². The van der Waals surface area contributed by atoms with Gasteiger partial charge in [-0.2, -0.15) is 0 Å². The minimum atomic E-state index is -0.115. The van der Waals surface area contributed by atoms with Crippen LogP contribution in [0.4, 0.5) is 5.13 Å². The number of anilines is 1. The van der Waals surface area contributed by atoms with E-state index in [0.717, 1.165) is 65.0 Å². The minimum Gasteiger partial charge on any atom is -0.297 e. The van der Waals surface area contributed by atoms with E-state index in [1.165, 1.54) is 35.5 Å². The number of likely N-dealkylation sites (tertiary alicyclic amines) is 1. The van der Waals surface area contributed by atoms with Crippen molar-refractivity contribution < 1.29 is 4.79 Å². The molecule has 0 spiro atoms. The molecular formula is C21H27N5OS2. The standard InChI is InChI=1S/C21H27N5OS2/c1-5-16-22-14(4)17-13(3)18(29-20(17)24-16)19(27)25-21-23-15(11-28-21)10-26-8-6-12(2)7-9-26/h11-12H,5-10H2,1-4H3,(H,23,25,27). The summed E-state index contributed by atoms with van der Waals surface area (Å²) >= 11 is 2.93. The van der Waals surface area contributed by atoms with E-state index in [2.05, 4.69) is 37.5 Å². The van der Waals surface area contributed by atoms with Gasteiger partial charge in [0.15, 0.2) is 5.13 Å². The molecule has 1 aliphatic heterocycles. The van der Waals surface area contributed by atoms with Crippen molar-refractivity contribution in [3.63, 3.8) is 0 Å². The molecule has 0 saturated carbocycles. The molecule has 29 heavy (non-hydrogen) atoms. The van der Waals surface area contributed by atoms with E-state index < -0.39 is 0 Å². The summed E-state index contributed by atoms with van der Waals surface area (Å²) in [6, 6.07) is 0. The van der Waals surface area contributed by atoms with Gasteiger partial charge in [0.05, 0.1) is 10.6 Å². The number of rotatable bonds is 5. The molecule has 0 bridgehead atoms. The average Bonchev–Trinajstić information content (AvgIpc) is 3.27. The van der Waals surface area contributed by atoms with E-state index in [1.54, 1.807) is 0 Å². The maximum absolute atomic E-state index is 12.9. The van der Waals surface area contributed by atoms with Gasteiger partial charge in [-0.15, -0.1) is 22.7 Å². The minimum absolute atomic E-state index is 0.115. The maximum atomic E-state index is 12.9. The third kappa shape index (κ3) is 4.34. The van der Waals surface area contributed by atoms with Crippen LogP contribution in [0.5, 0.6) is 0 Å². The molecule has 154 valence electrons. The Balaban J connectivity index is 1.48. The molecule has 3 aromatic heterocycles. The number of thiazole rings is 1. The Kier molecular flexibility index (Phi) is 5.94. The number of nitrogens with one attached hydrogen (secondary N) is 1. The number of hydrogen-bond acceptors (Lipinski definition) is 7. The Morgan fingerprint density at radius 3 is 2.72 bits per heavy atom. The van der Waals surface area contributed by atoms with Crippen molar-refractivity contribution in [2.75, 3.05) is 18.4 Å². The van der Waals surface area contributed by atoms with Gasteiger partial charge in [0.25, 0.3) is 5.91 Å². The Hall–Kier alpha value is -1.90. The van der Waals surface area contributed by atoms with E-state index in [9.17, 15) is 4.79 Å². The Bertz CT molecular complexity index is 1030. The first-order chi connectivity index (χ1) is 13.9. The van der Waals surface area contributed by atoms with Gasteiger partial charge >= 0.3 is 0 Å². The first-order valence-corrected chi connectivity index (χ1v) is 11.9. The van der Waals surface area contributed by atoms with Gasteiger partial charge < -0.3 is 0 Å². The number of nitrogens with zero attached hydrogens (tertiary/aromatic N) is 4. The molecule has 4 rings (SSSR count). The van der Waals surface area contributed by atoms with Gasteiger partial charge in [0.2, 0.25) is 0 Å². The monoisotopic (exact) mass is 429 g/mol. The molecule has 1 N–H and O–H groups in total. The van der Waals surface area contributed by atoms with E-state index >= 15 is 0 Å². The zero-order valence-corrected chi connectivity index (χ0v) is 19.0. The third-order valence-electron chi connectivity index (χ3n) is 5.57. The third-order valence-corrected chi connectivity index (χ3v) is 7.56. The largest absolute Gasteiger partial charge is 0.297 e. The normalized spacial score (nSPS) is 15.9. The summed E-state index contributed by atoms with van der Waals surface area (Å²) in [5.41, 5.74) is 2.91. The van der Waals surface area contributed by atoms with Crippen molar-refractivity contribution in [3.8, 4) is 0 Å². The van der Waals surface area contributed by atoms with Gasteiger partial charge in [-0.25, -0.2) is 15.0 Å². The van der Waals surface area contributed by atoms with Crippen LogP contribution in [0.1, 0.15) is 59.1 Å². The van der Waals surface area contributed by atoms with Crippen molar-refractivity contribution in [1.82, 2.24) is 19.9 Å². The molecular weight excluding hydrogens is 402 g/mol. The van der Waals surface area contributed by atoms with Crippen LogP contribution in [0.3, 0.4) is 0 Å². The number of carbonyl (C=O) groups is 1. The zero-order chi connectivity index (χ0) is 20.5. The van der Waals surface area contributed by atoms with E-state index in [0.29, 0.717) is 10.0 Å². The molecule has 1 saturated heterocycles. The Morgan fingerprint density at radius 1 is 1.24 bits per heavy atom. The van der Waals surface area contributed by atoms with Crippen LogP contribution in [0.2, 0.25) is 0 Å². The Morgan fingerprint density at radius 2 is 2.00 bits per heavy atom. The number of aromatic nitrogens is 3. The van der Waals surface area contributed by atoms with Crippen LogP contribution < -0.4 is 5.32 Å². The summed E-state index contributed by atoms with van der Waals surface area (Å²) in [6.07, 6.45) is 3.29. The number of thiophene rings is 1. The molecule has 3 aromatic rings. The first-order valence-electron chi connectivity index (χ1n) is 10.2. The molecule has 1 aliphatic rings. The van der Waals surface area contributed by atoms with Crippen LogP contribution in [0.25, 0.3) is 10.2 Å². The number of carbonyl (C=O) groups excluding carboxylic acids is 1. The van der Waals surface area contributed by atoms with Gasteiger partial charge in [-0.3, -0.25) is 15.0 Å². The van der Waals surface area contributed by atoms with Crippen molar-refractivity contribution in [2.24, 2.45) is 5.92 Å². The second-order valence-corrected chi connectivity index (χ2v) is 9.73. The molecule has 0 radical (unpaired) electrons. The number of fused-ring (bicyclic) bond motifs is 1. The fourth-order valence-electron chi connectivity index (χ4n) is 3.81. The lowest BCUT2D eigenvalue weighted by Crippen LogP contribution is -2.32. The van der Waals surface area contributed by atoms with E-state index in [4.69, 9.17) is 0 Å². The highest BCUT2D eigenvalue weighted by Crippen LogP contribution is 2.32. The first kappa shape index (κ1) is 20.4. The van der Waals surface area contributed by atoms with Crippen LogP contribution in [0, 0.1) is 19.8 Å². The molecule has 0 unspecified atom stereocenters. The fourth-order valence-corrected chi connectivity index (χ4v) is 5.65. The zero-order valence-electron chi connectivity index (χ0n) is 17.4. The number of amides is 1. The number of piperidine rings is 1. The summed E-state index contributed by atoms with van der Waals surface area (Å²) < 4.78 is 0. The summed E-state index contributed by atoms with van der Waals surface area (Å²) in [6.45, 7) is 11.4. The lowest BCUT2D eigenvalue weighted by molar-refractivity contribution is 0.103. The quantitative estimate of drug-likeness (QED) is 0.630. The molecule has 1 amide bonds. The number of aryl methyl sites for hydroxylation is 3. The summed E-state index contributed by atoms with van der Waals surface area (Å²) in [5.74, 6) is 1.53. The van der Waals surface area contributed by atoms with Gasteiger partial charge in [0.1, 0.15) is 10.7 Å². The predicted octanol–water partition coefficient (Wildman–Crippen LogP) is 4.81. The summed E-state index contributed by atoms with van der Waals surface area (Å²) in [5, 5.41) is 6.69. The second-order valence-electron chi connectivity index (χ2n) is 7.87. The van der Waals surface area contributed by atoms with Gasteiger partial charge in [-0.05, 0) is 51.3 Å². The fraction of sp³-hybridized carbons (Fsp3) is 0.524. The lowest BCUT2D eigenvalue weighted by atomic mass is 9.99. The highest BCUT2D eigenvalue weighted by molar-refractivity contribution is 7.21. The number of hydrogen-bond donors (Lipinski definition) is 1. The van der Waals surface area contributed by atoms with Crippen molar-refractivity contribution >= 4 is 43.9 Å². The molecule has 0 aliphatic carbocycles. The van der Waals surface area contributed by atoms with Crippen LogP contribution in [-0.4, -0.2) is 38.8 Å². The van der Waals surface area contributed by atoms with Gasteiger partial charge in [-0.1, -0.05) is 13.8 Å². The summed E-state index contributed by atoms with van der Waals surface area (Å²) in [4.78, 5) is 30.7. The van der Waals surface area contributed by atoms with E-state index in [-0.39, 0.29) is 5.91 Å². The summed E-state index contributed by atoms with van der Waals surface area (Å²) in [7, 11) is 0. The highest BCUT2D eigenvalue weighted by Gasteiger charge is 2.21. The maximum Gasteiger partial charge on any atom is 0.267 e. The molecule has 0 atom stereocenters. The smallest absolute Gasteiger partial charge is 0.267 e. The molecule has 8 heteroatoms. The topological polar surface area (TPSA) is 71.0 Å². The Labute approximate surface area is 179 Å². The lowest BCUT2D eigenvalue weighted by Gasteiger charge is -2.29. The SMILES string of the molecule is CCc1nc(C)c2c(C)c(C(=O)Nc3nc(CN4CCC(C)CC4)cs3)sc2n1. The molecule has 6 nitrogen and oxygen atoms in total. The molecule has 4 heterocycles.